The van der Waals surface area contributed by atoms with Gasteiger partial charge in [0.1, 0.15) is 12.2 Å². The molecule has 2 aliphatic heterocycles. The van der Waals surface area contributed by atoms with Crippen molar-refractivity contribution in [3.8, 4) is 0 Å². The third-order valence-corrected chi connectivity index (χ3v) is 5.58. The number of ether oxygens (including phenoxy) is 3. The van der Waals surface area contributed by atoms with Gasteiger partial charge in [0.25, 0.3) is 0 Å². The van der Waals surface area contributed by atoms with E-state index >= 15 is 0 Å². The summed E-state index contributed by atoms with van der Waals surface area (Å²) in [6.45, 7) is 9.05. The van der Waals surface area contributed by atoms with Crippen molar-refractivity contribution >= 4 is 5.91 Å². The number of likely N-dealkylation sites (tertiary alicyclic amines) is 1. The minimum atomic E-state index is -1.13. The lowest BCUT2D eigenvalue weighted by molar-refractivity contribution is -0.282. The first-order chi connectivity index (χ1) is 15.1. The number of β-amino-alcohol motifs (C(OH)–C–C–N with tert-alkyl or cyclic N) is 1. The number of unbranched alkanes of at least 4 members (excludes halogenated alkanes) is 2. The van der Waals surface area contributed by atoms with E-state index in [1.165, 1.54) is 0 Å². The van der Waals surface area contributed by atoms with E-state index in [0.717, 1.165) is 25.2 Å². The Balaban J connectivity index is 0.00000118. The van der Waals surface area contributed by atoms with Crippen molar-refractivity contribution in [2.24, 2.45) is 11.8 Å². The van der Waals surface area contributed by atoms with Crippen LogP contribution in [0.3, 0.4) is 0 Å². The molecule has 4 N–H and O–H groups in total. The van der Waals surface area contributed by atoms with Gasteiger partial charge < -0.3 is 39.5 Å². The molecule has 2 rings (SSSR count). The van der Waals surface area contributed by atoms with Gasteiger partial charge in [-0.3, -0.25) is 4.79 Å². The maximum absolute atomic E-state index is 12.4. The van der Waals surface area contributed by atoms with E-state index in [9.17, 15) is 25.2 Å². The lowest BCUT2D eigenvalue weighted by Crippen LogP contribution is -2.55. The zero-order chi connectivity index (χ0) is 24.3. The van der Waals surface area contributed by atoms with Crippen molar-refractivity contribution in [3.05, 3.63) is 0 Å². The molecule has 0 bridgehead atoms. The highest BCUT2D eigenvalue weighted by Gasteiger charge is 2.42. The molecule has 9 nitrogen and oxygen atoms in total. The topological polar surface area (TPSA) is 129 Å². The number of hydrogen-bond acceptors (Lipinski definition) is 8. The number of carbonyl (C=O) groups excluding carboxylic acids is 1. The van der Waals surface area contributed by atoms with Crippen LogP contribution in [0, 0.1) is 11.8 Å². The Hall–Kier alpha value is -0.810. The van der Waals surface area contributed by atoms with E-state index in [1.807, 2.05) is 0 Å². The second-order valence-electron chi connectivity index (χ2n) is 9.52. The highest BCUT2D eigenvalue weighted by Crippen LogP contribution is 2.27. The summed E-state index contributed by atoms with van der Waals surface area (Å²) in [6.07, 6.45) is -0.936. The third kappa shape index (κ3) is 9.59. The Labute approximate surface area is 192 Å². The first-order valence-corrected chi connectivity index (χ1v) is 11.8. The summed E-state index contributed by atoms with van der Waals surface area (Å²) < 4.78 is 16.3. The first-order valence-electron chi connectivity index (χ1n) is 11.8. The van der Waals surface area contributed by atoms with Crippen LogP contribution in [-0.4, -0.2) is 101 Å². The summed E-state index contributed by atoms with van der Waals surface area (Å²) in [4.78, 5) is 14.1. The molecule has 2 fully saturated rings. The summed E-state index contributed by atoms with van der Waals surface area (Å²) in [5, 5.41) is 38.8. The van der Waals surface area contributed by atoms with Crippen LogP contribution in [0.25, 0.3) is 0 Å². The van der Waals surface area contributed by atoms with Crippen molar-refractivity contribution in [1.82, 2.24) is 4.90 Å². The molecule has 2 unspecified atom stereocenters. The van der Waals surface area contributed by atoms with Gasteiger partial charge in [0.15, 0.2) is 6.29 Å². The van der Waals surface area contributed by atoms with E-state index in [4.69, 9.17) is 14.2 Å². The molecule has 32 heavy (non-hydrogen) atoms. The number of nitrogens with zero attached hydrogens (tertiary/aromatic N) is 1. The molecule has 2 heterocycles. The van der Waals surface area contributed by atoms with Gasteiger partial charge in [-0.1, -0.05) is 34.1 Å². The van der Waals surface area contributed by atoms with Gasteiger partial charge in [0, 0.05) is 32.6 Å². The van der Waals surface area contributed by atoms with Gasteiger partial charge in [-0.2, -0.15) is 0 Å². The van der Waals surface area contributed by atoms with Gasteiger partial charge in [-0.05, 0) is 25.2 Å². The van der Waals surface area contributed by atoms with Crippen LogP contribution in [0.15, 0.2) is 0 Å². The van der Waals surface area contributed by atoms with E-state index in [0.29, 0.717) is 32.6 Å². The number of aliphatic hydroxyl groups excluding tert-OH is 4. The van der Waals surface area contributed by atoms with Crippen LogP contribution in [0.4, 0.5) is 0 Å². The van der Waals surface area contributed by atoms with E-state index in [1.54, 1.807) is 18.9 Å². The summed E-state index contributed by atoms with van der Waals surface area (Å²) in [7, 11) is 1.59. The summed E-state index contributed by atoms with van der Waals surface area (Å²) in [6, 6.07) is -0.0537. The second-order valence-corrected chi connectivity index (χ2v) is 9.52. The monoisotopic (exact) mass is 463 g/mol. The molecule has 2 saturated heterocycles. The Kier molecular flexibility index (Phi) is 13.8. The molecule has 9 heteroatoms. The summed E-state index contributed by atoms with van der Waals surface area (Å²) >= 11 is 0. The minimum Gasteiger partial charge on any atom is -0.394 e. The molecule has 0 aliphatic carbocycles. The smallest absolute Gasteiger partial charge is 0.222 e. The van der Waals surface area contributed by atoms with Crippen LogP contribution in [0.2, 0.25) is 0 Å². The molecule has 0 radical (unpaired) electrons. The van der Waals surface area contributed by atoms with Crippen molar-refractivity contribution in [2.75, 3.05) is 33.5 Å². The molecule has 0 aromatic heterocycles. The summed E-state index contributed by atoms with van der Waals surface area (Å²) in [5.41, 5.74) is 0. The van der Waals surface area contributed by atoms with Crippen LogP contribution in [-0.2, 0) is 19.0 Å². The maximum atomic E-state index is 12.4. The number of hydrogen-bond donors (Lipinski definition) is 4. The number of amides is 1. The van der Waals surface area contributed by atoms with Gasteiger partial charge in [0.2, 0.25) is 5.91 Å². The lowest BCUT2D eigenvalue weighted by Gasteiger charge is -2.40. The normalized spacial score (nSPS) is 32.7. The maximum Gasteiger partial charge on any atom is 0.222 e. The molecule has 7 atom stereocenters. The molecule has 0 aromatic carbocycles. The Bertz CT molecular complexity index is 515. The van der Waals surface area contributed by atoms with Crippen molar-refractivity contribution in [1.29, 1.82) is 0 Å². The van der Waals surface area contributed by atoms with E-state index < -0.39 is 36.6 Å². The number of methoxy groups -OCH3 is 1. The van der Waals surface area contributed by atoms with Gasteiger partial charge in [-0.25, -0.2) is 0 Å². The SMILES string of the molecule is CC(C)C.COC[C@@H]1C[C@@H](O)CN1C(=O)CCCCCOC1OC(CO)[C@H](O)[C@H](O)[C@@H]1C. The molecular formula is C23H45NO8. The Morgan fingerprint density at radius 1 is 1.12 bits per heavy atom. The Morgan fingerprint density at radius 2 is 1.78 bits per heavy atom. The summed E-state index contributed by atoms with van der Waals surface area (Å²) in [5.74, 6) is 0.463. The van der Waals surface area contributed by atoms with Crippen molar-refractivity contribution in [2.45, 2.75) is 96.5 Å². The van der Waals surface area contributed by atoms with Gasteiger partial charge in [0.05, 0.1) is 31.5 Å². The first kappa shape index (κ1) is 29.2. The van der Waals surface area contributed by atoms with Crippen LogP contribution in [0.1, 0.15) is 59.8 Å². The average molecular weight is 464 g/mol. The predicted octanol–water partition coefficient (Wildman–Crippen LogP) is 0.909. The fraction of sp³-hybridized carbons (Fsp3) is 0.957. The van der Waals surface area contributed by atoms with E-state index in [-0.39, 0.29) is 18.6 Å². The highest BCUT2D eigenvalue weighted by molar-refractivity contribution is 5.76. The average Bonchev–Trinajstić information content (AvgIpc) is 3.10. The molecule has 1 amide bonds. The second kappa shape index (κ2) is 15.2. The molecule has 2 aliphatic rings. The molecular weight excluding hydrogens is 418 g/mol. The quantitative estimate of drug-likeness (QED) is 0.352. The fourth-order valence-corrected chi connectivity index (χ4v) is 3.86. The van der Waals surface area contributed by atoms with Gasteiger partial charge >= 0.3 is 0 Å². The zero-order valence-corrected chi connectivity index (χ0v) is 20.4. The molecule has 0 saturated carbocycles. The van der Waals surface area contributed by atoms with Crippen molar-refractivity contribution < 1.29 is 39.4 Å². The minimum absolute atomic E-state index is 0.0339. The fourth-order valence-electron chi connectivity index (χ4n) is 3.86. The zero-order valence-electron chi connectivity index (χ0n) is 20.4. The number of rotatable bonds is 10. The van der Waals surface area contributed by atoms with Crippen LogP contribution in [0.5, 0.6) is 0 Å². The molecule has 0 spiro atoms. The Morgan fingerprint density at radius 3 is 2.38 bits per heavy atom. The van der Waals surface area contributed by atoms with Gasteiger partial charge in [-0.15, -0.1) is 0 Å². The van der Waals surface area contributed by atoms with E-state index in [2.05, 4.69) is 20.8 Å². The van der Waals surface area contributed by atoms with Crippen LogP contribution >= 0.6 is 0 Å². The lowest BCUT2D eigenvalue weighted by atomic mass is 9.92. The van der Waals surface area contributed by atoms with Crippen LogP contribution < -0.4 is 0 Å². The standard InChI is InChI=1S/C19H35NO8.C4H10/c1-12-17(24)18(25)15(10-21)28-19(12)27-7-5-3-4-6-16(23)20-9-14(22)8-13(20)11-26-2;1-4(2)3/h12-15,17-19,21-22,24-25H,3-11H2,1-2H3;4H,1-3H3/t12-,13-,14+,15?,17+,18-,19?;/m0./s1. The number of carbonyl (C=O) groups is 1. The molecule has 190 valence electrons. The number of aliphatic hydroxyl groups is 4. The van der Waals surface area contributed by atoms with Crippen molar-refractivity contribution in [3.63, 3.8) is 0 Å². The largest absolute Gasteiger partial charge is 0.394 e. The predicted molar refractivity (Wildman–Crippen MR) is 120 cm³/mol. The molecule has 0 aromatic rings. The highest BCUT2D eigenvalue weighted by atomic mass is 16.7. The third-order valence-electron chi connectivity index (χ3n) is 5.58.